The third-order valence-corrected chi connectivity index (χ3v) is 4.50. The number of hydrogen-bond donors (Lipinski definition) is 1. The molecule has 134 valence electrons. The zero-order valence-corrected chi connectivity index (χ0v) is 14.8. The lowest BCUT2D eigenvalue weighted by atomic mass is 10.2. The van der Waals surface area contributed by atoms with E-state index in [1.165, 1.54) is 12.8 Å². The maximum absolute atomic E-state index is 12.3. The molecule has 0 unspecified atom stereocenters. The molecule has 8 heteroatoms. The molecule has 0 radical (unpaired) electrons. The van der Waals surface area contributed by atoms with Gasteiger partial charge in [-0.05, 0) is 37.8 Å². The van der Waals surface area contributed by atoms with Crippen LogP contribution in [0.4, 0.5) is 0 Å². The van der Waals surface area contributed by atoms with E-state index in [1.54, 1.807) is 17.1 Å². The smallest absolute Gasteiger partial charge is 0.259 e. The molecule has 0 aromatic carbocycles. The fourth-order valence-corrected chi connectivity index (χ4v) is 2.67. The molecule has 1 saturated carbocycles. The Kier molecular flexibility index (Phi) is 4.24. The third-order valence-electron chi connectivity index (χ3n) is 4.50. The highest BCUT2D eigenvalue weighted by atomic mass is 16.5. The first-order valence-corrected chi connectivity index (χ1v) is 8.78. The minimum absolute atomic E-state index is 0.0878. The topological polar surface area (TPSA) is 98.7 Å². The molecule has 1 amide bonds. The van der Waals surface area contributed by atoms with Crippen LogP contribution in [0, 0.1) is 12.8 Å². The summed E-state index contributed by atoms with van der Waals surface area (Å²) in [7, 11) is 0. The summed E-state index contributed by atoms with van der Waals surface area (Å²) in [5.41, 5.74) is 2.07. The van der Waals surface area contributed by atoms with Crippen molar-refractivity contribution in [3.05, 3.63) is 41.6 Å². The fourth-order valence-electron chi connectivity index (χ4n) is 2.67. The van der Waals surface area contributed by atoms with Crippen molar-refractivity contribution < 1.29 is 9.32 Å². The summed E-state index contributed by atoms with van der Waals surface area (Å²) in [5.74, 6) is 2.28. The van der Waals surface area contributed by atoms with Gasteiger partial charge in [0, 0.05) is 19.2 Å². The molecule has 4 rings (SSSR count). The standard InChI is InChI=1S/C18H20N6O2/c1-3-15-22-18(26-23-15)13-6-7-16(19-9-13)24-11(2)14(10-21-24)17(25)20-8-12-4-5-12/h6-7,9-10,12H,3-5,8H2,1-2H3,(H,20,25). The average molecular weight is 352 g/mol. The van der Waals surface area contributed by atoms with Crippen LogP contribution >= 0.6 is 0 Å². The molecule has 1 fully saturated rings. The summed E-state index contributed by atoms with van der Waals surface area (Å²) < 4.78 is 6.88. The van der Waals surface area contributed by atoms with Gasteiger partial charge in [0.2, 0.25) is 0 Å². The number of aromatic nitrogens is 5. The second-order valence-electron chi connectivity index (χ2n) is 6.48. The van der Waals surface area contributed by atoms with Crippen LogP contribution in [0.1, 0.15) is 41.6 Å². The van der Waals surface area contributed by atoms with Crippen molar-refractivity contribution in [2.75, 3.05) is 6.54 Å². The lowest BCUT2D eigenvalue weighted by Gasteiger charge is -2.06. The monoisotopic (exact) mass is 352 g/mol. The van der Waals surface area contributed by atoms with Gasteiger partial charge in [0.1, 0.15) is 0 Å². The van der Waals surface area contributed by atoms with Crippen LogP contribution in [0.25, 0.3) is 17.3 Å². The minimum atomic E-state index is -0.0878. The number of pyridine rings is 1. The quantitative estimate of drug-likeness (QED) is 0.731. The van der Waals surface area contributed by atoms with Crippen molar-refractivity contribution >= 4 is 5.91 Å². The molecule has 0 bridgehead atoms. The van der Waals surface area contributed by atoms with Gasteiger partial charge in [-0.3, -0.25) is 4.79 Å². The summed E-state index contributed by atoms with van der Waals surface area (Å²) in [6.07, 6.45) is 6.37. The van der Waals surface area contributed by atoms with Gasteiger partial charge < -0.3 is 9.84 Å². The normalized spacial score (nSPS) is 13.8. The first kappa shape index (κ1) is 16.4. The van der Waals surface area contributed by atoms with Crippen molar-refractivity contribution in [1.29, 1.82) is 0 Å². The number of rotatable bonds is 6. The second-order valence-corrected chi connectivity index (χ2v) is 6.48. The number of carbonyl (C=O) groups excluding carboxylic acids is 1. The fraction of sp³-hybridized carbons (Fsp3) is 0.389. The number of hydrogen-bond acceptors (Lipinski definition) is 6. The van der Waals surface area contributed by atoms with Gasteiger partial charge in [0.15, 0.2) is 11.6 Å². The molecular weight excluding hydrogens is 332 g/mol. The Balaban J connectivity index is 1.52. The summed E-state index contributed by atoms with van der Waals surface area (Å²) in [4.78, 5) is 21.0. The Bertz CT molecular complexity index is 924. The summed E-state index contributed by atoms with van der Waals surface area (Å²) in [5, 5.41) is 11.2. The van der Waals surface area contributed by atoms with Crippen LogP contribution in [0.15, 0.2) is 29.0 Å². The molecule has 0 atom stereocenters. The highest BCUT2D eigenvalue weighted by Crippen LogP contribution is 2.27. The molecule has 3 heterocycles. The predicted molar refractivity (Wildman–Crippen MR) is 93.8 cm³/mol. The van der Waals surface area contributed by atoms with Gasteiger partial charge in [-0.1, -0.05) is 12.1 Å². The van der Waals surface area contributed by atoms with Crippen LogP contribution in [0.3, 0.4) is 0 Å². The van der Waals surface area contributed by atoms with E-state index in [0.717, 1.165) is 17.8 Å². The van der Waals surface area contributed by atoms with Crippen molar-refractivity contribution in [3.8, 4) is 17.3 Å². The summed E-state index contributed by atoms with van der Waals surface area (Å²) >= 11 is 0. The molecule has 1 aliphatic rings. The Morgan fingerprint density at radius 1 is 1.35 bits per heavy atom. The molecule has 0 aliphatic heterocycles. The second kappa shape index (κ2) is 6.70. The molecule has 8 nitrogen and oxygen atoms in total. The maximum atomic E-state index is 12.3. The van der Waals surface area contributed by atoms with E-state index in [4.69, 9.17) is 4.52 Å². The van der Waals surface area contributed by atoms with Gasteiger partial charge in [0.05, 0.1) is 23.0 Å². The molecular formula is C18H20N6O2. The Morgan fingerprint density at radius 2 is 2.19 bits per heavy atom. The highest BCUT2D eigenvalue weighted by Gasteiger charge is 2.23. The van der Waals surface area contributed by atoms with Crippen molar-refractivity contribution in [2.24, 2.45) is 5.92 Å². The number of nitrogens with zero attached hydrogens (tertiary/aromatic N) is 5. The SMILES string of the molecule is CCc1noc(-c2ccc(-n3ncc(C(=O)NCC4CC4)c3C)nc2)n1. The van der Waals surface area contributed by atoms with Crippen molar-refractivity contribution in [2.45, 2.75) is 33.1 Å². The largest absolute Gasteiger partial charge is 0.352 e. The Morgan fingerprint density at radius 3 is 2.85 bits per heavy atom. The number of aryl methyl sites for hydroxylation is 1. The zero-order valence-electron chi connectivity index (χ0n) is 14.8. The van der Waals surface area contributed by atoms with E-state index in [-0.39, 0.29) is 5.91 Å². The summed E-state index contributed by atoms with van der Waals surface area (Å²) in [6, 6.07) is 3.67. The zero-order chi connectivity index (χ0) is 18.1. The number of carbonyl (C=O) groups is 1. The number of nitrogens with one attached hydrogen (secondary N) is 1. The van der Waals surface area contributed by atoms with Gasteiger partial charge >= 0.3 is 0 Å². The van der Waals surface area contributed by atoms with E-state index in [2.05, 4.69) is 25.5 Å². The molecule has 1 aliphatic carbocycles. The Labute approximate surface area is 150 Å². The molecule has 26 heavy (non-hydrogen) atoms. The van der Waals surface area contributed by atoms with Gasteiger partial charge in [-0.15, -0.1) is 0 Å². The molecule has 3 aromatic rings. The number of amides is 1. The minimum Gasteiger partial charge on any atom is -0.352 e. The lowest BCUT2D eigenvalue weighted by Crippen LogP contribution is -2.25. The van der Waals surface area contributed by atoms with Crippen LogP contribution in [-0.4, -0.2) is 37.4 Å². The van der Waals surface area contributed by atoms with Crippen molar-refractivity contribution in [1.82, 2.24) is 30.2 Å². The van der Waals surface area contributed by atoms with E-state index in [1.807, 2.05) is 26.0 Å². The van der Waals surface area contributed by atoms with Gasteiger partial charge in [0.25, 0.3) is 11.8 Å². The van der Waals surface area contributed by atoms with E-state index in [0.29, 0.717) is 35.4 Å². The van der Waals surface area contributed by atoms with Crippen LogP contribution < -0.4 is 5.32 Å². The van der Waals surface area contributed by atoms with Crippen LogP contribution in [0.5, 0.6) is 0 Å². The van der Waals surface area contributed by atoms with Crippen LogP contribution in [0.2, 0.25) is 0 Å². The van der Waals surface area contributed by atoms with E-state index in [9.17, 15) is 4.79 Å². The summed E-state index contributed by atoms with van der Waals surface area (Å²) in [6.45, 7) is 4.56. The van der Waals surface area contributed by atoms with Gasteiger partial charge in [-0.2, -0.15) is 10.1 Å². The molecule has 0 saturated heterocycles. The molecule has 0 spiro atoms. The Hall–Kier alpha value is -3.03. The third kappa shape index (κ3) is 3.22. The van der Waals surface area contributed by atoms with Crippen LogP contribution in [-0.2, 0) is 6.42 Å². The van der Waals surface area contributed by atoms with E-state index < -0.39 is 0 Å². The predicted octanol–water partition coefficient (Wildman–Crippen LogP) is 2.33. The molecule has 3 aromatic heterocycles. The average Bonchev–Trinajstić information content (AvgIpc) is 3.23. The first-order chi connectivity index (χ1) is 12.7. The lowest BCUT2D eigenvalue weighted by molar-refractivity contribution is 0.0951. The van der Waals surface area contributed by atoms with Crippen molar-refractivity contribution in [3.63, 3.8) is 0 Å². The highest BCUT2D eigenvalue weighted by molar-refractivity contribution is 5.95. The molecule has 1 N–H and O–H groups in total. The first-order valence-electron chi connectivity index (χ1n) is 8.78. The van der Waals surface area contributed by atoms with Gasteiger partial charge in [-0.25, -0.2) is 9.67 Å². The maximum Gasteiger partial charge on any atom is 0.259 e. The van der Waals surface area contributed by atoms with E-state index >= 15 is 0 Å².